The molecule has 6 rings (SSSR count). The van der Waals surface area contributed by atoms with Gasteiger partial charge in [-0.1, -0.05) is 45.9 Å². The Labute approximate surface area is 341 Å². The largest absolute Gasteiger partial charge is 0.507 e. The summed E-state index contributed by atoms with van der Waals surface area (Å²) in [6, 6.07) is 1.72. The molecule has 2 aromatic rings. The second-order valence-electron chi connectivity index (χ2n) is 16.3. The van der Waals surface area contributed by atoms with Crippen molar-refractivity contribution in [3.05, 3.63) is 64.5 Å². The summed E-state index contributed by atoms with van der Waals surface area (Å²) in [4.78, 5) is 42.8. The summed E-state index contributed by atoms with van der Waals surface area (Å²) >= 11 is 0. The molecule has 1 amide bonds. The topological polar surface area (TPSA) is 180 Å². The summed E-state index contributed by atoms with van der Waals surface area (Å²) in [6.45, 7) is 18.1. The summed E-state index contributed by atoms with van der Waals surface area (Å²) in [6.07, 6.45) is 5.82. The minimum absolute atomic E-state index is 0.125. The molecule has 9 atom stereocenters. The summed E-state index contributed by atoms with van der Waals surface area (Å²) in [5, 5.41) is 45.5. The number of methoxy groups -OCH3 is 1. The lowest BCUT2D eigenvalue weighted by Crippen LogP contribution is -2.46. The standard InChI is InChI=1S/C44H60N4O10/c1-23-13-12-14-24(2)43(54)46-37-27(5)34-25(3)21-33-35(36(34)40(52)31(37)22-45-48-18-16-47(10)17-19-48)42(53)44(9,58-33)56-20-15-32(55-11)26(4)41(57-30(8)49)29(7)39(51)28(6)38(23)50/h12-15,20-23,26,28-29,32,38-39,41,50-52H,16-19H2,1-11H3,(H,46,54)/b13-12+,20-15+,24-14-,45-22+/t23?,26-,28-,29-,32+,38+,39-,41-,44+/m1/s1. The third-order valence-corrected chi connectivity index (χ3v) is 12.0. The van der Waals surface area contributed by atoms with Crippen LogP contribution in [0, 0.1) is 37.5 Å². The Bertz CT molecular complexity index is 2020. The molecule has 4 heterocycles. The number of nitrogens with zero attached hydrogens (tertiary/aromatic N) is 3. The first kappa shape index (κ1) is 44.3. The van der Waals surface area contributed by atoms with Crippen LogP contribution in [-0.2, 0) is 23.8 Å². The van der Waals surface area contributed by atoms with Crippen molar-refractivity contribution in [1.29, 1.82) is 0 Å². The van der Waals surface area contributed by atoms with Crippen molar-refractivity contribution >= 4 is 40.3 Å². The fourth-order valence-corrected chi connectivity index (χ4v) is 8.21. The first-order chi connectivity index (χ1) is 27.3. The molecule has 1 fully saturated rings. The Hall–Kier alpha value is -4.76. The minimum atomic E-state index is -1.84. The molecule has 2 aromatic carbocycles. The Morgan fingerprint density at radius 2 is 1.67 bits per heavy atom. The van der Waals surface area contributed by atoms with E-state index in [9.17, 15) is 29.7 Å². The number of phenolic OH excluding ortho intramolecular Hbond substituents is 1. The van der Waals surface area contributed by atoms with Crippen LogP contribution in [0.4, 0.5) is 5.69 Å². The zero-order valence-corrected chi connectivity index (χ0v) is 35.5. The van der Waals surface area contributed by atoms with Crippen molar-refractivity contribution in [2.45, 2.75) is 92.5 Å². The lowest BCUT2D eigenvalue weighted by Gasteiger charge is -2.38. The van der Waals surface area contributed by atoms with E-state index in [0.29, 0.717) is 40.9 Å². The molecule has 0 saturated carbocycles. The predicted molar refractivity (Wildman–Crippen MR) is 222 cm³/mol. The van der Waals surface area contributed by atoms with Gasteiger partial charge in [0.05, 0.1) is 47.6 Å². The first-order valence-corrected chi connectivity index (χ1v) is 19.9. The summed E-state index contributed by atoms with van der Waals surface area (Å²) in [5.74, 6) is -5.64. The maximum absolute atomic E-state index is 14.4. The van der Waals surface area contributed by atoms with E-state index in [1.165, 1.54) is 33.4 Å². The number of nitrogens with one attached hydrogen (secondary N) is 1. The first-order valence-electron chi connectivity index (χ1n) is 19.9. The number of carbonyl (C=O) groups is 3. The van der Waals surface area contributed by atoms with Gasteiger partial charge in [0.25, 0.3) is 11.7 Å². The summed E-state index contributed by atoms with van der Waals surface area (Å²) in [7, 11) is 3.52. The molecule has 0 radical (unpaired) electrons. The molecule has 0 aliphatic carbocycles. The van der Waals surface area contributed by atoms with Crippen LogP contribution >= 0.6 is 0 Å². The molecule has 14 heteroatoms. The molecule has 0 aromatic heterocycles. The van der Waals surface area contributed by atoms with Gasteiger partial charge >= 0.3 is 11.8 Å². The Morgan fingerprint density at radius 3 is 2.31 bits per heavy atom. The zero-order chi connectivity index (χ0) is 42.8. The number of amides is 1. The number of hydrogen-bond donors (Lipinski definition) is 4. The van der Waals surface area contributed by atoms with E-state index in [0.717, 1.165) is 13.1 Å². The van der Waals surface area contributed by atoms with Crippen molar-refractivity contribution in [3.63, 3.8) is 0 Å². The number of aliphatic hydroxyl groups is 2. The maximum atomic E-state index is 14.4. The van der Waals surface area contributed by atoms with Gasteiger partial charge in [0.15, 0.2) is 0 Å². The Balaban J connectivity index is 1.68. The monoisotopic (exact) mass is 804 g/mol. The number of esters is 1. The fraction of sp³-hybridized carbons (Fsp3) is 0.545. The molecule has 1 unspecified atom stereocenters. The highest BCUT2D eigenvalue weighted by Gasteiger charge is 2.48. The van der Waals surface area contributed by atoms with Crippen LogP contribution in [0.15, 0.2) is 47.3 Å². The molecule has 4 N–H and O–H groups in total. The second kappa shape index (κ2) is 18.0. The lowest BCUT2D eigenvalue weighted by molar-refractivity contribution is -0.160. The van der Waals surface area contributed by atoms with Gasteiger partial charge in [0, 0.05) is 81.8 Å². The third kappa shape index (κ3) is 8.95. The van der Waals surface area contributed by atoms with Crippen LogP contribution in [0.5, 0.6) is 11.5 Å². The average molecular weight is 805 g/mol. The van der Waals surface area contributed by atoms with Crippen molar-refractivity contribution in [1.82, 2.24) is 9.91 Å². The maximum Gasteiger partial charge on any atom is 0.312 e. The highest BCUT2D eigenvalue weighted by atomic mass is 16.7. The Kier molecular flexibility index (Phi) is 13.8. The average Bonchev–Trinajstić information content (AvgIpc) is 3.43. The van der Waals surface area contributed by atoms with Gasteiger partial charge in [-0.25, -0.2) is 0 Å². The molecular weight excluding hydrogens is 745 g/mol. The number of phenols is 1. The van der Waals surface area contributed by atoms with E-state index >= 15 is 0 Å². The zero-order valence-electron chi connectivity index (χ0n) is 35.5. The summed E-state index contributed by atoms with van der Waals surface area (Å²) < 4.78 is 23.9. The number of allylic oxidation sites excluding steroid dienone is 2. The molecular formula is C44H60N4O10. The highest BCUT2D eigenvalue weighted by molar-refractivity contribution is 6.21. The molecule has 1 saturated heterocycles. The molecule has 58 heavy (non-hydrogen) atoms. The lowest BCUT2D eigenvalue weighted by atomic mass is 9.78. The number of hydrazone groups is 1. The second-order valence-corrected chi connectivity index (χ2v) is 16.3. The number of rotatable bonds is 4. The van der Waals surface area contributed by atoms with Crippen LogP contribution in [0.2, 0.25) is 0 Å². The van der Waals surface area contributed by atoms with E-state index in [1.54, 1.807) is 51.1 Å². The molecule has 14 nitrogen and oxygen atoms in total. The Morgan fingerprint density at radius 1 is 1.00 bits per heavy atom. The van der Waals surface area contributed by atoms with Crippen LogP contribution in [-0.4, -0.2) is 120 Å². The number of aromatic hydroxyl groups is 1. The number of likely N-dealkylation sites (N-methyl/N-ethyl adjacent to an activating group) is 1. The predicted octanol–water partition coefficient (Wildman–Crippen LogP) is 5.23. The van der Waals surface area contributed by atoms with Crippen LogP contribution in [0.3, 0.4) is 0 Å². The van der Waals surface area contributed by atoms with E-state index in [1.807, 2.05) is 39.8 Å². The van der Waals surface area contributed by atoms with Gasteiger partial charge in [-0.05, 0) is 56.5 Å². The minimum Gasteiger partial charge on any atom is -0.507 e. The fourth-order valence-electron chi connectivity index (χ4n) is 8.21. The van der Waals surface area contributed by atoms with Gasteiger partial charge in [-0.3, -0.25) is 19.4 Å². The van der Waals surface area contributed by atoms with Crippen molar-refractivity contribution in [2.24, 2.45) is 28.8 Å². The molecule has 316 valence electrons. The molecule has 4 aliphatic heterocycles. The summed E-state index contributed by atoms with van der Waals surface area (Å²) in [5.41, 5.74) is 2.33. The van der Waals surface area contributed by atoms with Gasteiger partial charge in [0.2, 0.25) is 0 Å². The van der Waals surface area contributed by atoms with Gasteiger partial charge in [-0.15, -0.1) is 0 Å². The number of hydrogen-bond acceptors (Lipinski definition) is 13. The number of aliphatic hydroxyl groups excluding tert-OH is 2. The SMILES string of the molecule is CO[C@H]1/C=C/O[C@@]2(C)Oc3cc(C)c4c(C)c(c(/C=N/N5CCN(C)CC5)c(O)c4c3C2=O)NC(=O)/C(C)=C\C=C\C(C)[C@H](O)[C@@H](C)[C@@H](O)[C@@H](C)[C@H](OC(C)=O)[C@@H]1C. The van der Waals surface area contributed by atoms with Gasteiger partial charge < -0.3 is 44.5 Å². The van der Waals surface area contributed by atoms with E-state index in [2.05, 4.69) is 10.2 Å². The number of Topliss-reactive ketones (excluding diaryl/α,β-unsaturated/α-hetero) is 1. The van der Waals surface area contributed by atoms with Crippen LogP contribution in [0.1, 0.15) is 75.5 Å². The molecule has 5 bridgehead atoms. The van der Waals surface area contributed by atoms with Gasteiger partial charge in [-0.2, -0.15) is 5.10 Å². The number of anilines is 1. The molecule has 0 spiro atoms. The number of carbonyl (C=O) groups excluding carboxylic acids is 3. The highest BCUT2D eigenvalue weighted by Crippen LogP contribution is 2.48. The number of fused-ring (bicyclic) bond motifs is 14. The van der Waals surface area contributed by atoms with Crippen LogP contribution in [0.25, 0.3) is 10.8 Å². The normalized spacial score (nSPS) is 32.4. The number of benzene rings is 2. The number of piperazine rings is 1. The smallest absolute Gasteiger partial charge is 0.312 e. The van der Waals surface area contributed by atoms with Crippen molar-refractivity contribution < 1.29 is 48.7 Å². The van der Waals surface area contributed by atoms with E-state index in [-0.39, 0.29) is 28.0 Å². The number of aryl methyl sites for hydroxylation is 2. The van der Waals surface area contributed by atoms with Gasteiger partial charge in [0.1, 0.15) is 17.6 Å². The van der Waals surface area contributed by atoms with E-state index in [4.69, 9.17) is 24.0 Å². The van der Waals surface area contributed by atoms with Crippen molar-refractivity contribution in [3.8, 4) is 11.5 Å². The number of ether oxygens (including phenoxy) is 4. The quantitative estimate of drug-likeness (QED) is 0.234. The number of ketones is 1. The third-order valence-electron chi connectivity index (χ3n) is 12.0. The van der Waals surface area contributed by atoms with Crippen LogP contribution < -0.4 is 10.1 Å². The molecule has 4 aliphatic rings. The van der Waals surface area contributed by atoms with E-state index < -0.39 is 71.5 Å². The van der Waals surface area contributed by atoms with Crippen molar-refractivity contribution in [2.75, 3.05) is 45.7 Å².